The molecule has 3 heterocycles. The van der Waals surface area contributed by atoms with Crippen molar-refractivity contribution in [3.05, 3.63) is 23.3 Å². The van der Waals surface area contributed by atoms with Crippen molar-refractivity contribution in [2.45, 2.75) is 32.7 Å². The highest BCUT2D eigenvalue weighted by molar-refractivity contribution is 7.14. The monoisotopic (exact) mass is 362 g/mol. The van der Waals surface area contributed by atoms with Gasteiger partial charge in [-0.2, -0.15) is 0 Å². The predicted octanol–water partition coefficient (Wildman–Crippen LogP) is 2.37. The highest BCUT2D eigenvalue weighted by Crippen LogP contribution is 2.27. The highest BCUT2D eigenvalue weighted by Gasteiger charge is 2.16. The molecule has 1 aliphatic heterocycles. The van der Waals surface area contributed by atoms with Crippen molar-refractivity contribution in [3.8, 4) is 11.5 Å². The highest BCUT2D eigenvalue weighted by atomic mass is 32.1. The molecular weight excluding hydrogens is 340 g/mol. The topological polar surface area (TPSA) is 96.3 Å². The Bertz CT molecular complexity index is 734. The molecule has 0 bridgehead atoms. The molecule has 1 saturated heterocycles. The third kappa shape index (κ3) is 5.14. The summed E-state index contributed by atoms with van der Waals surface area (Å²) in [7, 11) is 0. The third-order valence-electron chi connectivity index (χ3n) is 4.12. The molecule has 8 heteroatoms. The second-order valence-electron chi connectivity index (χ2n) is 6.16. The lowest BCUT2D eigenvalue weighted by atomic mass is 10.0. The summed E-state index contributed by atoms with van der Waals surface area (Å²) in [6.07, 6.45) is 2.57. The van der Waals surface area contributed by atoms with Crippen LogP contribution in [0.1, 0.15) is 31.9 Å². The van der Waals surface area contributed by atoms with Gasteiger partial charge in [-0.1, -0.05) is 0 Å². The van der Waals surface area contributed by atoms with E-state index in [-0.39, 0.29) is 11.8 Å². The fraction of sp³-hybridized carbons (Fsp3) is 0.471. The van der Waals surface area contributed by atoms with E-state index in [2.05, 4.69) is 20.9 Å². The molecule has 0 aromatic carbocycles. The summed E-state index contributed by atoms with van der Waals surface area (Å²) in [5.41, 5.74) is 0.675. The van der Waals surface area contributed by atoms with Gasteiger partial charge in [-0.15, -0.1) is 11.3 Å². The molecule has 1 fully saturated rings. The average molecular weight is 362 g/mol. The van der Waals surface area contributed by atoms with E-state index in [9.17, 15) is 9.59 Å². The number of anilines is 1. The van der Waals surface area contributed by atoms with E-state index >= 15 is 0 Å². The molecule has 2 aromatic heterocycles. The number of aromatic nitrogens is 1. The van der Waals surface area contributed by atoms with Crippen LogP contribution in [0.5, 0.6) is 0 Å². The molecule has 0 aliphatic carbocycles. The molecule has 2 aromatic rings. The normalized spacial score (nSPS) is 16.8. The Morgan fingerprint density at radius 3 is 3.08 bits per heavy atom. The smallest absolute Gasteiger partial charge is 0.226 e. The minimum Gasteiger partial charge on any atom is -0.458 e. The molecular formula is C17H22N4O3S. The average Bonchev–Trinajstić information content (AvgIpc) is 3.32. The van der Waals surface area contributed by atoms with E-state index < -0.39 is 0 Å². The van der Waals surface area contributed by atoms with Gasteiger partial charge in [0.05, 0.1) is 6.54 Å². The maximum absolute atomic E-state index is 12.0. The Morgan fingerprint density at radius 1 is 1.44 bits per heavy atom. The van der Waals surface area contributed by atoms with Crippen LogP contribution in [-0.4, -0.2) is 29.9 Å². The van der Waals surface area contributed by atoms with Crippen LogP contribution in [0, 0.1) is 5.92 Å². The lowest BCUT2D eigenvalue weighted by Crippen LogP contribution is -2.18. The molecule has 2 amide bonds. The van der Waals surface area contributed by atoms with Gasteiger partial charge >= 0.3 is 0 Å². The second kappa shape index (κ2) is 8.26. The number of amides is 2. The Kier molecular flexibility index (Phi) is 5.83. The maximum Gasteiger partial charge on any atom is 0.226 e. The van der Waals surface area contributed by atoms with Crippen LogP contribution in [0.25, 0.3) is 11.5 Å². The van der Waals surface area contributed by atoms with E-state index in [0.29, 0.717) is 41.2 Å². The Balaban J connectivity index is 1.51. The molecule has 134 valence electrons. The molecule has 25 heavy (non-hydrogen) atoms. The Hall–Kier alpha value is -2.19. The first-order valence-corrected chi connectivity index (χ1v) is 9.28. The molecule has 1 unspecified atom stereocenters. The molecule has 3 N–H and O–H groups in total. The maximum atomic E-state index is 12.0. The van der Waals surface area contributed by atoms with Crippen molar-refractivity contribution in [1.29, 1.82) is 0 Å². The number of nitrogens with one attached hydrogen (secondary N) is 3. The summed E-state index contributed by atoms with van der Waals surface area (Å²) < 4.78 is 5.66. The zero-order chi connectivity index (χ0) is 17.6. The Labute approximate surface area is 150 Å². The van der Waals surface area contributed by atoms with E-state index in [4.69, 9.17) is 4.42 Å². The molecule has 1 atom stereocenters. The number of hydrogen-bond acceptors (Lipinski definition) is 6. The van der Waals surface area contributed by atoms with Gasteiger partial charge in [0.1, 0.15) is 11.5 Å². The number of hydrogen-bond donors (Lipinski definition) is 3. The number of furan rings is 1. The van der Waals surface area contributed by atoms with Crippen molar-refractivity contribution in [1.82, 2.24) is 15.6 Å². The van der Waals surface area contributed by atoms with E-state index in [1.165, 1.54) is 18.3 Å². The standard InChI is InChI=1S/C17H22N4O3S/c1-11(22)19-9-13-3-4-15(24-13)14-10-25-17(20-14)21-16(23)5-2-12-6-7-18-8-12/h3-4,10,12,18H,2,5-9H2,1H3,(H,19,22)(H,20,21,23). The summed E-state index contributed by atoms with van der Waals surface area (Å²) in [6.45, 7) is 3.87. The first kappa shape index (κ1) is 17.6. The zero-order valence-corrected chi connectivity index (χ0v) is 14.9. The number of thiazole rings is 1. The number of carbonyl (C=O) groups excluding carboxylic acids is 2. The molecule has 0 saturated carbocycles. The number of carbonyl (C=O) groups is 2. The minimum absolute atomic E-state index is 0.00130. The van der Waals surface area contributed by atoms with Gasteiger partial charge < -0.3 is 20.4 Å². The molecule has 0 spiro atoms. The van der Waals surface area contributed by atoms with Gasteiger partial charge in [-0.25, -0.2) is 4.98 Å². The van der Waals surface area contributed by atoms with E-state index in [0.717, 1.165) is 25.9 Å². The van der Waals surface area contributed by atoms with Crippen molar-refractivity contribution >= 4 is 28.3 Å². The van der Waals surface area contributed by atoms with Crippen LogP contribution < -0.4 is 16.0 Å². The van der Waals surface area contributed by atoms with Crippen molar-refractivity contribution in [3.63, 3.8) is 0 Å². The van der Waals surface area contributed by atoms with Gasteiger partial charge in [-0.05, 0) is 44.0 Å². The van der Waals surface area contributed by atoms with Crippen molar-refractivity contribution in [2.24, 2.45) is 5.92 Å². The molecule has 7 nitrogen and oxygen atoms in total. The van der Waals surface area contributed by atoms with E-state index in [1.807, 2.05) is 11.4 Å². The molecule has 0 radical (unpaired) electrons. The van der Waals surface area contributed by atoms with Crippen LogP contribution in [-0.2, 0) is 16.1 Å². The SMILES string of the molecule is CC(=O)NCc1ccc(-c2csc(NC(=O)CCC3CCNC3)n2)o1. The fourth-order valence-corrected chi connectivity index (χ4v) is 3.46. The summed E-state index contributed by atoms with van der Waals surface area (Å²) in [5.74, 6) is 1.77. The number of nitrogens with zero attached hydrogens (tertiary/aromatic N) is 1. The van der Waals surface area contributed by atoms with Crippen molar-refractivity contribution in [2.75, 3.05) is 18.4 Å². The van der Waals surface area contributed by atoms with Crippen LogP contribution in [0.4, 0.5) is 5.13 Å². The van der Waals surface area contributed by atoms with Gasteiger partial charge in [0.2, 0.25) is 11.8 Å². The van der Waals surface area contributed by atoms with Crippen LogP contribution >= 0.6 is 11.3 Å². The lowest BCUT2D eigenvalue weighted by molar-refractivity contribution is -0.119. The summed E-state index contributed by atoms with van der Waals surface area (Å²) >= 11 is 1.37. The van der Waals surface area contributed by atoms with Crippen LogP contribution in [0.2, 0.25) is 0 Å². The van der Waals surface area contributed by atoms with Gasteiger partial charge in [0, 0.05) is 18.7 Å². The van der Waals surface area contributed by atoms with Crippen LogP contribution in [0.15, 0.2) is 21.9 Å². The molecule has 1 aliphatic rings. The summed E-state index contributed by atoms with van der Waals surface area (Å²) in [6, 6.07) is 3.61. The largest absolute Gasteiger partial charge is 0.458 e. The van der Waals surface area contributed by atoms with E-state index in [1.54, 1.807) is 6.07 Å². The predicted molar refractivity (Wildman–Crippen MR) is 96.2 cm³/mol. The van der Waals surface area contributed by atoms with Crippen molar-refractivity contribution < 1.29 is 14.0 Å². The quantitative estimate of drug-likeness (QED) is 0.703. The lowest BCUT2D eigenvalue weighted by Gasteiger charge is -2.06. The first-order chi connectivity index (χ1) is 12.1. The zero-order valence-electron chi connectivity index (χ0n) is 14.1. The third-order valence-corrected chi connectivity index (χ3v) is 4.88. The van der Waals surface area contributed by atoms with Gasteiger partial charge in [0.15, 0.2) is 10.9 Å². The Morgan fingerprint density at radius 2 is 2.32 bits per heavy atom. The van der Waals surface area contributed by atoms with Gasteiger partial charge in [-0.3, -0.25) is 9.59 Å². The summed E-state index contributed by atoms with van der Waals surface area (Å²) in [4.78, 5) is 27.4. The van der Waals surface area contributed by atoms with Gasteiger partial charge in [0.25, 0.3) is 0 Å². The fourth-order valence-electron chi connectivity index (χ4n) is 2.74. The first-order valence-electron chi connectivity index (χ1n) is 8.40. The molecule has 3 rings (SSSR count). The second-order valence-corrected chi connectivity index (χ2v) is 7.02. The minimum atomic E-state index is -0.106. The van der Waals surface area contributed by atoms with Crippen LogP contribution in [0.3, 0.4) is 0 Å². The summed E-state index contributed by atoms with van der Waals surface area (Å²) in [5, 5.41) is 11.3. The number of rotatable bonds is 7.